The summed E-state index contributed by atoms with van der Waals surface area (Å²) >= 11 is 0. The van der Waals surface area contributed by atoms with Crippen LogP contribution in [0.2, 0.25) is 0 Å². The van der Waals surface area contributed by atoms with E-state index >= 15 is 0 Å². The van der Waals surface area contributed by atoms with E-state index < -0.39 is 17.9 Å². The lowest BCUT2D eigenvalue weighted by Gasteiger charge is -2.34. The fourth-order valence-corrected chi connectivity index (χ4v) is 4.84. The molecule has 5 rings (SSSR count). The Morgan fingerprint density at radius 1 is 0.793 bits per heavy atom. The minimum atomic E-state index is -0.588. The smallest absolute Gasteiger partial charge is 0.311 e. The van der Waals surface area contributed by atoms with E-state index in [1.54, 1.807) is 19.2 Å². The van der Waals surface area contributed by atoms with Gasteiger partial charge in [0.1, 0.15) is 11.9 Å². The van der Waals surface area contributed by atoms with Gasteiger partial charge in [0.25, 0.3) is 0 Å². The number of hydrogen-bond donors (Lipinski definition) is 0. The van der Waals surface area contributed by atoms with Crippen molar-refractivity contribution in [1.29, 1.82) is 0 Å². The van der Waals surface area contributed by atoms with E-state index in [1.165, 1.54) is 0 Å². The second-order valence-corrected chi connectivity index (χ2v) is 7.49. The number of carbonyl (C=O) groups is 2. The van der Waals surface area contributed by atoms with Gasteiger partial charge in [0.15, 0.2) is 5.78 Å². The number of para-hydroxylation sites is 1. The molecule has 1 aliphatic carbocycles. The van der Waals surface area contributed by atoms with Crippen molar-refractivity contribution in [3.05, 3.63) is 101 Å². The molecule has 1 heterocycles. The number of fused-ring (bicyclic) bond motifs is 4. The highest BCUT2D eigenvalue weighted by Gasteiger charge is 2.57. The molecule has 0 amide bonds. The molecule has 2 bridgehead atoms. The fraction of sp³-hybridized carbons (Fsp3) is 0.200. The van der Waals surface area contributed by atoms with Crippen LogP contribution in [0.4, 0.5) is 0 Å². The maximum Gasteiger partial charge on any atom is 0.311 e. The first-order valence-electron chi connectivity index (χ1n) is 9.72. The van der Waals surface area contributed by atoms with Gasteiger partial charge >= 0.3 is 5.97 Å². The number of carbonyl (C=O) groups excluding carboxylic acids is 2. The molecule has 1 saturated heterocycles. The Labute approximate surface area is 169 Å². The van der Waals surface area contributed by atoms with Crippen molar-refractivity contribution < 1.29 is 19.1 Å². The van der Waals surface area contributed by atoms with Gasteiger partial charge in [-0.2, -0.15) is 0 Å². The van der Waals surface area contributed by atoms with E-state index in [-0.39, 0.29) is 17.7 Å². The number of Topliss-reactive ketones (excluding diaryl/α,β-unsaturated/α-hetero) is 1. The molecule has 1 fully saturated rings. The molecule has 1 aliphatic heterocycles. The number of esters is 1. The average Bonchev–Trinajstić information content (AvgIpc) is 3.05. The van der Waals surface area contributed by atoms with E-state index in [4.69, 9.17) is 9.47 Å². The van der Waals surface area contributed by atoms with E-state index in [9.17, 15) is 9.59 Å². The van der Waals surface area contributed by atoms with Crippen LogP contribution in [-0.4, -0.2) is 18.9 Å². The van der Waals surface area contributed by atoms with Crippen LogP contribution in [0.3, 0.4) is 0 Å². The minimum Gasteiger partial charge on any atom is -0.496 e. The van der Waals surface area contributed by atoms with E-state index in [0.717, 1.165) is 16.7 Å². The highest BCUT2D eigenvalue weighted by Crippen LogP contribution is 2.58. The highest BCUT2D eigenvalue weighted by atomic mass is 16.6. The average molecular weight is 384 g/mol. The molecular formula is C25H20O4. The van der Waals surface area contributed by atoms with Crippen LogP contribution in [0.1, 0.15) is 45.0 Å². The number of methoxy groups -OCH3 is 1. The Balaban J connectivity index is 1.71. The summed E-state index contributed by atoms with van der Waals surface area (Å²) in [6.45, 7) is 0. The van der Waals surface area contributed by atoms with Gasteiger partial charge in [-0.05, 0) is 17.2 Å². The number of benzene rings is 3. The second kappa shape index (κ2) is 6.89. The van der Waals surface area contributed by atoms with Crippen molar-refractivity contribution in [3.8, 4) is 5.75 Å². The minimum absolute atomic E-state index is 0.0553. The zero-order valence-corrected chi connectivity index (χ0v) is 15.9. The quantitative estimate of drug-likeness (QED) is 0.484. The molecule has 2 aliphatic rings. The molecular weight excluding hydrogens is 364 g/mol. The summed E-state index contributed by atoms with van der Waals surface area (Å²) in [6, 6.07) is 24.6. The number of hydrogen-bond acceptors (Lipinski definition) is 4. The fourth-order valence-electron chi connectivity index (χ4n) is 4.84. The summed E-state index contributed by atoms with van der Waals surface area (Å²) < 4.78 is 11.4. The normalized spacial score (nSPS) is 24.5. The lowest BCUT2D eigenvalue weighted by Crippen LogP contribution is -2.33. The molecule has 0 saturated carbocycles. The molecule has 4 atom stereocenters. The van der Waals surface area contributed by atoms with E-state index in [2.05, 4.69) is 0 Å². The van der Waals surface area contributed by atoms with Crippen LogP contribution in [0.15, 0.2) is 78.9 Å². The molecule has 144 valence electrons. The Kier molecular flexibility index (Phi) is 4.20. The van der Waals surface area contributed by atoms with Crippen LogP contribution in [0.5, 0.6) is 5.75 Å². The molecule has 0 radical (unpaired) electrons. The third kappa shape index (κ3) is 2.67. The number of ether oxygens (including phenoxy) is 2. The van der Waals surface area contributed by atoms with Crippen molar-refractivity contribution in [2.75, 3.05) is 7.11 Å². The van der Waals surface area contributed by atoms with Gasteiger partial charge in [0, 0.05) is 17.0 Å². The SMILES string of the molecule is COc1ccccc1[C@@H]1[C@@H]2C(=O)O[C@@H]1c1ccccc1[C@@H]2C(=O)c1ccccc1. The highest BCUT2D eigenvalue weighted by molar-refractivity contribution is 6.04. The van der Waals surface area contributed by atoms with Gasteiger partial charge < -0.3 is 9.47 Å². The Hall–Kier alpha value is -3.40. The van der Waals surface area contributed by atoms with Crippen molar-refractivity contribution >= 4 is 11.8 Å². The molecule has 3 aromatic carbocycles. The van der Waals surface area contributed by atoms with Crippen LogP contribution in [-0.2, 0) is 9.53 Å². The van der Waals surface area contributed by atoms with Crippen molar-refractivity contribution in [2.24, 2.45) is 5.92 Å². The Morgan fingerprint density at radius 2 is 1.41 bits per heavy atom. The predicted molar refractivity (Wildman–Crippen MR) is 108 cm³/mol. The Bertz CT molecular complexity index is 1090. The second-order valence-electron chi connectivity index (χ2n) is 7.49. The molecule has 29 heavy (non-hydrogen) atoms. The lowest BCUT2D eigenvalue weighted by molar-refractivity contribution is -0.144. The summed E-state index contributed by atoms with van der Waals surface area (Å²) in [5.41, 5.74) is 3.29. The summed E-state index contributed by atoms with van der Waals surface area (Å²) in [5.74, 6) is -1.12. The largest absolute Gasteiger partial charge is 0.496 e. The van der Waals surface area contributed by atoms with E-state index in [0.29, 0.717) is 11.3 Å². The van der Waals surface area contributed by atoms with Crippen molar-refractivity contribution in [2.45, 2.75) is 17.9 Å². The van der Waals surface area contributed by atoms with Gasteiger partial charge in [-0.15, -0.1) is 0 Å². The molecule has 3 aromatic rings. The molecule has 0 spiro atoms. The monoisotopic (exact) mass is 384 g/mol. The van der Waals surface area contributed by atoms with Crippen LogP contribution in [0, 0.1) is 5.92 Å². The Morgan fingerprint density at radius 3 is 2.14 bits per heavy atom. The summed E-state index contributed by atoms with van der Waals surface area (Å²) in [7, 11) is 1.62. The number of rotatable bonds is 4. The first kappa shape index (κ1) is 17.7. The molecule has 0 aromatic heterocycles. The summed E-state index contributed by atoms with van der Waals surface area (Å²) in [5, 5.41) is 0. The number of ketones is 1. The first-order valence-corrected chi connectivity index (χ1v) is 9.72. The third-order valence-electron chi connectivity index (χ3n) is 6.06. The predicted octanol–water partition coefficient (Wildman–Crippen LogP) is 4.67. The topological polar surface area (TPSA) is 52.6 Å². The van der Waals surface area contributed by atoms with Crippen LogP contribution >= 0.6 is 0 Å². The lowest BCUT2D eigenvalue weighted by atomic mass is 9.65. The van der Waals surface area contributed by atoms with E-state index in [1.807, 2.05) is 66.7 Å². The molecule has 4 nitrogen and oxygen atoms in total. The third-order valence-corrected chi connectivity index (χ3v) is 6.06. The van der Waals surface area contributed by atoms with Crippen molar-refractivity contribution in [1.82, 2.24) is 0 Å². The zero-order valence-electron chi connectivity index (χ0n) is 15.9. The van der Waals surface area contributed by atoms with Gasteiger partial charge in [0.05, 0.1) is 18.9 Å². The molecule has 4 heteroatoms. The zero-order chi connectivity index (χ0) is 20.0. The van der Waals surface area contributed by atoms with Crippen LogP contribution < -0.4 is 4.74 Å². The molecule has 0 unspecified atom stereocenters. The van der Waals surface area contributed by atoms with Gasteiger partial charge in [-0.1, -0.05) is 72.8 Å². The van der Waals surface area contributed by atoms with Gasteiger partial charge in [-0.3, -0.25) is 9.59 Å². The van der Waals surface area contributed by atoms with Gasteiger partial charge in [0.2, 0.25) is 0 Å². The summed E-state index contributed by atoms with van der Waals surface area (Å²) in [6.07, 6.45) is -0.417. The molecule has 0 N–H and O–H groups in total. The summed E-state index contributed by atoms with van der Waals surface area (Å²) in [4.78, 5) is 26.6. The van der Waals surface area contributed by atoms with Crippen molar-refractivity contribution in [3.63, 3.8) is 0 Å². The maximum absolute atomic E-state index is 13.6. The van der Waals surface area contributed by atoms with Gasteiger partial charge in [-0.25, -0.2) is 0 Å². The first-order chi connectivity index (χ1) is 14.2. The standard InChI is InChI=1S/C25H20O4/c1-28-19-14-8-7-13-18(19)21-22-20(23(26)15-9-3-2-4-10-15)16-11-5-6-12-17(16)24(21)29-25(22)27/h2-14,20-22,24H,1H3/t20-,21+,22+,24+/m0/s1. The van der Waals surface area contributed by atoms with Crippen LogP contribution in [0.25, 0.3) is 0 Å². The maximum atomic E-state index is 13.6.